The summed E-state index contributed by atoms with van der Waals surface area (Å²) >= 11 is 0. The van der Waals surface area contributed by atoms with Gasteiger partial charge in [-0.1, -0.05) is 29.8 Å². The van der Waals surface area contributed by atoms with Gasteiger partial charge in [0.15, 0.2) is 0 Å². The number of methoxy groups -OCH3 is 1. The Kier molecular flexibility index (Phi) is 6.96. The van der Waals surface area contributed by atoms with Crippen molar-refractivity contribution in [2.45, 2.75) is 44.8 Å². The normalized spacial score (nSPS) is 17.4. The number of anilines is 2. The first-order valence-electron chi connectivity index (χ1n) is 12.4. The molecule has 9 heteroatoms. The van der Waals surface area contributed by atoms with E-state index in [1.165, 1.54) is 5.56 Å². The van der Waals surface area contributed by atoms with E-state index in [9.17, 15) is 9.90 Å². The van der Waals surface area contributed by atoms with Crippen LogP contribution in [0.2, 0.25) is 0 Å². The van der Waals surface area contributed by atoms with E-state index in [-0.39, 0.29) is 18.1 Å². The van der Waals surface area contributed by atoms with Gasteiger partial charge in [-0.05, 0) is 56.4 Å². The Labute approximate surface area is 215 Å². The number of carbonyl (C=O) groups excluding carboxylic acids is 1. The van der Waals surface area contributed by atoms with Crippen molar-refractivity contribution in [2.75, 3.05) is 19.5 Å². The lowest BCUT2D eigenvalue weighted by Crippen LogP contribution is -2.27. The van der Waals surface area contributed by atoms with Gasteiger partial charge in [0.1, 0.15) is 17.5 Å². The van der Waals surface area contributed by atoms with Crippen LogP contribution in [-0.2, 0) is 0 Å². The molecule has 5 rings (SSSR count). The topological polar surface area (TPSA) is 121 Å². The highest BCUT2D eigenvalue weighted by atomic mass is 16.5. The molecule has 4 aromatic rings. The Balaban J connectivity index is 1.54. The van der Waals surface area contributed by atoms with Crippen molar-refractivity contribution in [3.63, 3.8) is 0 Å². The number of carbonyl (C=O) groups is 1. The predicted molar refractivity (Wildman–Crippen MR) is 143 cm³/mol. The molecule has 0 unspecified atom stereocenters. The summed E-state index contributed by atoms with van der Waals surface area (Å²) in [6.45, 7) is 2.06. The maximum atomic E-state index is 12.0. The van der Waals surface area contributed by atoms with Gasteiger partial charge >= 0.3 is 0 Å². The van der Waals surface area contributed by atoms with Crippen molar-refractivity contribution in [2.24, 2.45) is 0 Å². The van der Waals surface area contributed by atoms with Gasteiger partial charge < -0.3 is 30.2 Å². The molecule has 4 N–H and O–H groups in total. The lowest BCUT2D eigenvalue weighted by atomic mass is 9.95. The Morgan fingerprint density at radius 1 is 1.08 bits per heavy atom. The quantitative estimate of drug-likeness (QED) is 0.289. The molecule has 1 saturated carbocycles. The van der Waals surface area contributed by atoms with Gasteiger partial charge in [0.2, 0.25) is 11.8 Å². The number of ether oxygens (including phenoxy) is 2. The van der Waals surface area contributed by atoms with Crippen LogP contribution in [0.1, 0.15) is 41.6 Å². The molecule has 2 aromatic carbocycles. The van der Waals surface area contributed by atoms with Gasteiger partial charge in [-0.15, -0.1) is 0 Å². The highest BCUT2D eigenvalue weighted by molar-refractivity contribution is 5.98. The van der Waals surface area contributed by atoms with Gasteiger partial charge in [-0.3, -0.25) is 4.79 Å². The number of aliphatic hydroxyl groups excluding tert-OH is 1. The molecule has 1 aliphatic carbocycles. The van der Waals surface area contributed by atoms with E-state index in [4.69, 9.17) is 19.4 Å². The molecule has 0 saturated heterocycles. The Morgan fingerprint density at radius 3 is 2.54 bits per heavy atom. The summed E-state index contributed by atoms with van der Waals surface area (Å²) in [6, 6.07) is 13.4. The number of H-pyrrole nitrogens is 1. The zero-order valence-corrected chi connectivity index (χ0v) is 21.2. The van der Waals surface area contributed by atoms with Crippen molar-refractivity contribution in [3.05, 3.63) is 59.8 Å². The van der Waals surface area contributed by atoms with Crippen molar-refractivity contribution in [1.82, 2.24) is 20.3 Å². The Morgan fingerprint density at radius 2 is 1.84 bits per heavy atom. The number of hydrogen-bond donors (Lipinski definition) is 4. The lowest BCUT2D eigenvalue weighted by Gasteiger charge is -2.26. The molecule has 1 aliphatic rings. The van der Waals surface area contributed by atoms with Crippen molar-refractivity contribution < 1.29 is 19.4 Å². The summed E-state index contributed by atoms with van der Waals surface area (Å²) in [5.74, 6) is 1.10. The number of fused-ring (bicyclic) bond motifs is 1. The summed E-state index contributed by atoms with van der Waals surface area (Å²) in [5.41, 5.74) is 4.92. The van der Waals surface area contributed by atoms with E-state index in [0.717, 1.165) is 29.4 Å². The van der Waals surface area contributed by atoms with Gasteiger partial charge in [0, 0.05) is 24.4 Å². The van der Waals surface area contributed by atoms with Crippen molar-refractivity contribution in [1.29, 1.82) is 0 Å². The number of aryl methyl sites for hydroxylation is 1. The minimum absolute atomic E-state index is 0.0449. The molecular weight excluding hydrogens is 470 g/mol. The zero-order chi connectivity index (χ0) is 25.9. The fourth-order valence-corrected chi connectivity index (χ4v) is 4.62. The molecule has 2 heterocycles. The third kappa shape index (κ3) is 5.22. The fraction of sp³-hybridized carbons (Fsp3) is 0.321. The standard InChI is InChI=1S/C28H31N5O4/c1-16-4-6-17(7-5-16)21-15-30-25-24(21)27(37-20-11-9-19(34)10-12-20)33-28(32-25)31-22-13-8-18(26(35)29-2)14-23(22)36-3/h4-8,13-15,19-20,34H,9-12H2,1-3H3,(H,29,35)(H2,30,31,32,33). The van der Waals surface area contributed by atoms with Crippen molar-refractivity contribution >= 4 is 28.6 Å². The van der Waals surface area contributed by atoms with Gasteiger partial charge in [-0.25, -0.2) is 0 Å². The first-order valence-corrected chi connectivity index (χ1v) is 12.4. The van der Waals surface area contributed by atoms with Gasteiger partial charge in [0.25, 0.3) is 5.91 Å². The first-order chi connectivity index (χ1) is 17.9. The highest BCUT2D eigenvalue weighted by Crippen LogP contribution is 2.37. The average molecular weight is 502 g/mol. The van der Waals surface area contributed by atoms with Crippen LogP contribution < -0.4 is 20.1 Å². The number of nitrogens with one attached hydrogen (secondary N) is 3. The Bertz CT molecular complexity index is 1410. The number of aliphatic hydroxyl groups is 1. The van der Waals surface area contributed by atoms with Crippen LogP contribution in [0.4, 0.5) is 11.6 Å². The number of aromatic nitrogens is 3. The highest BCUT2D eigenvalue weighted by Gasteiger charge is 2.24. The number of benzene rings is 2. The summed E-state index contributed by atoms with van der Waals surface area (Å²) in [7, 11) is 3.13. The van der Waals surface area contributed by atoms with E-state index in [1.807, 2.05) is 6.20 Å². The minimum Gasteiger partial charge on any atom is -0.495 e. The van der Waals surface area contributed by atoms with E-state index >= 15 is 0 Å². The molecule has 0 bridgehead atoms. The second kappa shape index (κ2) is 10.5. The van der Waals surface area contributed by atoms with Crippen LogP contribution in [-0.4, -0.2) is 52.3 Å². The molecule has 37 heavy (non-hydrogen) atoms. The van der Waals surface area contributed by atoms with Crippen LogP contribution in [0.25, 0.3) is 22.2 Å². The van der Waals surface area contributed by atoms with Crippen LogP contribution >= 0.6 is 0 Å². The third-order valence-electron chi connectivity index (χ3n) is 6.72. The SMILES string of the molecule is CNC(=O)c1ccc(Nc2nc(OC3CCC(O)CC3)c3c(-c4ccc(C)cc4)c[nH]c3n2)c(OC)c1. The Hall–Kier alpha value is -4.11. The molecule has 9 nitrogen and oxygen atoms in total. The molecule has 1 amide bonds. The number of amides is 1. The molecule has 0 atom stereocenters. The number of nitrogens with zero attached hydrogens (tertiary/aromatic N) is 2. The smallest absolute Gasteiger partial charge is 0.251 e. The minimum atomic E-state index is -0.275. The second-order valence-electron chi connectivity index (χ2n) is 9.31. The monoisotopic (exact) mass is 501 g/mol. The largest absolute Gasteiger partial charge is 0.495 e. The third-order valence-corrected chi connectivity index (χ3v) is 6.72. The van der Waals surface area contributed by atoms with Gasteiger partial charge in [-0.2, -0.15) is 9.97 Å². The maximum absolute atomic E-state index is 12.0. The van der Waals surface area contributed by atoms with Crippen LogP contribution in [0.5, 0.6) is 11.6 Å². The van der Waals surface area contributed by atoms with E-state index in [1.54, 1.807) is 32.4 Å². The molecule has 2 aromatic heterocycles. The lowest BCUT2D eigenvalue weighted by molar-refractivity contribution is 0.0652. The maximum Gasteiger partial charge on any atom is 0.251 e. The van der Waals surface area contributed by atoms with E-state index < -0.39 is 0 Å². The number of aromatic amines is 1. The molecule has 0 spiro atoms. The summed E-state index contributed by atoms with van der Waals surface area (Å²) in [5, 5.41) is 16.6. The predicted octanol–water partition coefficient (Wildman–Crippen LogP) is 4.73. The van der Waals surface area contributed by atoms with E-state index in [0.29, 0.717) is 47.3 Å². The fourth-order valence-electron chi connectivity index (χ4n) is 4.62. The second-order valence-corrected chi connectivity index (χ2v) is 9.31. The summed E-state index contributed by atoms with van der Waals surface area (Å²) < 4.78 is 12.0. The van der Waals surface area contributed by atoms with Crippen LogP contribution in [0, 0.1) is 6.92 Å². The first kappa shape index (κ1) is 24.6. The van der Waals surface area contributed by atoms with E-state index in [2.05, 4.69) is 46.8 Å². The number of rotatable bonds is 7. The summed E-state index contributed by atoms with van der Waals surface area (Å²) in [6.07, 6.45) is 4.53. The molecular formula is C28H31N5O4. The summed E-state index contributed by atoms with van der Waals surface area (Å²) in [4.78, 5) is 24.8. The molecule has 192 valence electrons. The van der Waals surface area contributed by atoms with Crippen molar-refractivity contribution in [3.8, 4) is 22.8 Å². The van der Waals surface area contributed by atoms with Crippen LogP contribution in [0.3, 0.4) is 0 Å². The molecule has 1 fully saturated rings. The van der Waals surface area contributed by atoms with Crippen LogP contribution in [0.15, 0.2) is 48.7 Å². The average Bonchev–Trinajstić information content (AvgIpc) is 3.34. The number of hydrogen-bond acceptors (Lipinski definition) is 7. The molecule has 0 aliphatic heterocycles. The molecule has 0 radical (unpaired) electrons. The van der Waals surface area contributed by atoms with Gasteiger partial charge in [0.05, 0.1) is 24.3 Å². The zero-order valence-electron chi connectivity index (χ0n) is 21.2.